The second-order valence-corrected chi connectivity index (χ2v) is 9.79. The van der Waals surface area contributed by atoms with Crippen LogP contribution in [0.15, 0.2) is 29.9 Å². The maximum absolute atomic E-state index is 12.8. The highest BCUT2D eigenvalue weighted by molar-refractivity contribution is 7.92. The molecule has 1 saturated heterocycles. The highest BCUT2D eigenvalue weighted by Gasteiger charge is 2.38. The van der Waals surface area contributed by atoms with Gasteiger partial charge in [0.2, 0.25) is 10.0 Å². The quantitative estimate of drug-likeness (QED) is 0.711. The van der Waals surface area contributed by atoms with E-state index in [1.807, 2.05) is 13.8 Å². The first-order chi connectivity index (χ1) is 10.2. The normalized spacial score (nSPS) is 21.5. The average Bonchev–Trinajstić information content (AvgIpc) is 3.02. The van der Waals surface area contributed by atoms with Crippen LogP contribution in [0.2, 0.25) is 0 Å². The Morgan fingerprint density at radius 3 is 2.68 bits per heavy atom. The summed E-state index contributed by atoms with van der Waals surface area (Å²) in [6.45, 7) is 7.45. The fourth-order valence-electron chi connectivity index (χ4n) is 2.44. The summed E-state index contributed by atoms with van der Waals surface area (Å²) in [7, 11) is -6.97. The van der Waals surface area contributed by atoms with Crippen LogP contribution in [0.1, 0.15) is 26.3 Å². The molecule has 1 atom stereocenters. The Balaban J connectivity index is 2.35. The van der Waals surface area contributed by atoms with Crippen LogP contribution in [0.4, 0.5) is 0 Å². The molecule has 22 heavy (non-hydrogen) atoms. The molecule has 2 rings (SSSR count). The number of sulfonamides is 1. The van der Waals surface area contributed by atoms with E-state index in [1.54, 1.807) is 4.68 Å². The Morgan fingerprint density at radius 1 is 1.55 bits per heavy atom. The van der Waals surface area contributed by atoms with Crippen molar-refractivity contribution in [3.63, 3.8) is 0 Å². The number of rotatable bonds is 6. The predicted octanol–water partition coefficient (Wildman–Crippen LogP) is 0.828. The number of aromatic nitrogens is 2. The molecule has 0 radical (unpaired) electrons. The van der Waals surface area contributed by atoms with Gasteiger partial charge in [-0.15, -0.1) is 6.58 Å². The largest absolute Gasteiger partial charge is 0.269 e. The summed E-state index contributed by atoms with van der Waals surface area (Å²) in [4.78, 5) is 0.0762. The van der Waals surface area contributed by atoms with Crippen molar-refractivity contribution in [1.82, 2.24) is 14.1 Å². The van der Waals surface area contributed by atoms with Crippen LogP contribution >= 0.6 is 0 Å². The minimum atomic E-state index is -3.80. The first-order valence-electron chi connectivity index (χ1n) is 7.04. The van der Waals surface area contributed by atoms with E-state index >= 15 is 0 Å². The molecular formula is C13H21N3O4S2. The van der Waals surface area contributed by atoms with E-state index in [0.29, 0.717) is 6.42 Å². The molecular weight excluding hydrogens is 326 g/mol. The molecule has 124 valence electrons. The summed E-state index contributed by atoms with van der Waals surface area (Å²) in [6.07, 6.45) is 4.55. The van der Waals surface area contributed by atoms with E-state index < -0.39 is 25.9 Å². The van der Waals surface area contributed by atoms with Crippen LogP contribution in [0, 0.1) is 0 Å². The molecule has 0 saturated carbocycles. The third kappa shape index (κ3) is 3.41. The minimum absolute atomic E-state index is 0.0199. The van der Waals surface area contributed by atoms with E-state index in [1.165, 1.54) is 22.8 Å². The Kier molecular flexibility index (Phi) is 4.78. The van der Waals surface area contributed by atoms with Crippen molar-refractivity contribution in [3.8, 4) is 0 Å². The van der Waals surface area contributed by atoms with Gasteiger partial charge in [-0.3, -0.25) is 4.68 Å². The predicted molar refractivity (Wildman–Crippen MR) is 83.8 cm³/mol. The van der Waals surface area contributed by atoms with Crippen LogP contribution in [0.5, 0.6) is 0 Å². The van der Waals surface area contributed by atoms with Crippen molar-refractivity contribution in [2.45, 2.75) is 37.2 Å². The van der Waals surface area contributed by atoms with Gasteiger partial charge in [0.1, 0.15) is 4.90 Å². The Bertz CT molecular complexity index is 750. The van der Waals surface area contributed by atoms with Crippen molar-refractivity contribution in [1.29, 1.82) is 0 Å². The molecule has 1 unspecified atom stereocenters. The second-order valence-electron chi connectivity index (χ2n) is 5.67. The number of nitrogens with zero attached hydrogens (tertiary/aromatic N) is 3. The highest BCUT2D eigenvalue weighted by atomic mass is 32.2. The molecule has 1 aromatic rings. The standard InChI is InChI=1S/C13H21N3O4S2/c1-4-6-16(12-5-7-21(17,18)10-12)22(19,20)13-8-14-15(9-13)11(2)3/h4,8-9,11-12H,1,5-7,10H2,2-3H3. The van der Waals surface area contributed by atoms with E-state index in [9.17, 15) is 16.8 Å². The minimum Gasteiger partial charge on any atom is -0.269 e. The SMILES string of the molecule is C=CCN(C1CCS(=O)(=O)C1)S(=O)(=O)c1cnn(C(C)C)c1. The Labute approximate surface area is 131 Å². The van der Waals surface area contributed by atoms with Crippen molar-refractivity contribution in [2.75, 3.05) is 18.1 Å². The fourth-order valence-corrected chi connectivity index (χ4v) is 5.84. The lowest BCUT2D eigenvalue weighted by molar-refractivity contribution is 0.367. The van der Waals surface area contributed by atoms with Gasteiger partial charge in [-0.25, -0.2) is 16.8 Å². The molecule has 0 amide bonds. The zero-order valence-corrected chi connectivity index (χ0v) is 14.3. The van der Waals surface area contributed by atoms with Gasteiger partial charge < -0.3 is 0 Å². The van der Waals surface area contributed by atoms with Gasteiger partial charge in [-0.05, 0) is 20.3 Å². The third-order valence-corrected chi connectivity index (χ3v) is 7.26. The van der Waals surface area contributed by atoms with Crippen LogP contribution < -0.4 is 0 Å². The van der Waals surface area contributed by atoms with Crippen molar-refractivity contribution in [3.05, 3.63) is 25.0 Å². The summed E-state index contributed by atoms with van der Waals surface area (Å²) in [6, 6.07) is -0.501. The molecule has 2 heterocycles. The summed E-state index contributed by atoms with van der Waals surface area (Å²) in [5, 5.41) is 4.05. The molecule has 9 heteroatoms. The lowest BCUT2D eigenvalue weighted by atomic mass is 10.2. The fraction of sp³-hybridized carbons (Fsp3) is 0.615. The lowest BCUT2D eigenvalue weighted by Gasteiger charge is -2.25. The molecule has 0 aromatic carbocycles. The zero-order valence-electron chi connectivity index (χ0n) is 12.7. The maximum Gasteiger partial charge on any atom is 0.246 e. The maximum atomic E-state index is 12.8. The first-order valence-corrected chi connectivity index (χ1v) is 10.3. The van der Waals surface area contributed by atoms with Gasteiger partial charge in [0.25, 0.3) is 0 Å². The van der Waals surface area contributed by atoms with Crippen LogP contribution in [0.3, 0.4) is 0 Å². The summed E-state index contributed by atoms with van der Waals surface area (Å²) in [5.41, 5.74) is 0. The lowest BCUT2D eigenvalue weighted by Crippen LogP contribution is -2.41. The molecule has 0 bridgehead atoms. The van der Waals surface area contributed by atoms with Crippen molar-refractivity contribution >= 4 is 19.9 Å². The van der Waals surface area contributed by atoms with Crippen LogP contribution in [-0.4, -0.2) is 55.0 Å². The summed E-state index contributed by atoms with van der Waals surface area (Å²) < 4.78 is 51.6. The van der Waals surface area contributed by atoms with Gasteiger partial charge >= 0.3 is 0 Å². The molecule has 7 nitrogen and oxygen atoms in total. The molecule has 1 aromatic heterocycles. The highest BCUT2D eigenvalue weighted by Crippen LogP contribution is 2.25. The summed E-state index contributed by atoms with van der Waals surface area (Å²) >= 11 is 0. The first kappa shape index (κ1) is 17.2. The summed E-state index contributed by atoms with van der Waals surface area (Å²) in [5.74, 6) is -0.121. The number of hydrogen-bond acceptors (Lipinski definition) is 5. The van der Waals surface area contributed by atoms with E-state index in [2.05, 4.69) is 11.7 Å². The van der Waals surface area contributed by atoms with Gasteiger partial charge in [-0.2, -0.15) is 9.40 Å². The smallest absolute Gasteiger partial charge is 0.246 e. The van der Waals surface area contributed by atoms with Crippen molar-refractivity contribution < 1.29 is 16.8 Å². The molecule has 0 N–H and O–H groups in total. The Morgan fingerprint density at radius 2 is 2.23 bits per heavy atom. The van der Waals surface area contributed by atoms with Gasteiger partial charge in [0.15, 0.2) is 9.84 Å². The van der Waals surface area contributed by atoms with Crippen LogP contribution in [0.25, 0.3) is 0 Å². The molecule has 1 aliphatic heterocycles. The van der Waals surface area contributed by atoms with Gasteiger partial charge in [-0.1, -0.05) is 6.08 Å². The topological polar surface area (TPSA) is 89.3 Å². The van der Waals surface area contributed by atoms with E-state index in [4.69, 9.17) is 0 Å². The Hall–Kier alpha value is -1.19. The van der Waals surface area contributed by atoms with E-state index in [0.717, 1.165) is 0 Å². The third-order valence-electron chi connectivity index (χ3n) is 3.64. The van der Waals surface area contributed by atoms with Crippen LogP contribution in [-0.2, 0) is 19.9 Å². The van der Waals surface area contributed by atoms with E-state index in [-0.39, 0.29) is 29.0 Å². The van der Waals surface area contributed by atoms with Gasteiger partial charge in [0.05, 0.1) is 17.7 Å². The zero-order chi connectivity index (χ0) is 16.5. The molecule has 0 spiro atoms. The van der Waals surface area contributed by atoms with Gasteiger partial charge in [0, 0.05) is 24.8 Å². The molecule has 1 fully saturated rings. The average molecular weight is 347 g/mol. The molecule has 0 aliphatic carbocycles. The van der Waals surface area contributed by atoms with Crippen molar-refractivity contribution in [2.24, 2.45) is 0 Å². The monoisotopic (exact) mass is 347 g/mol. The second kappa shape index (κ2) is 6.13. The molecule has 1 aliphatic rings. The number of sulfone groups is 1. The number of hydrogen-bond donors (Lipinski definition) is 0.